The van der Waals surface area contributed by atoms with Gasteiger partial charge in [0.15, 0.2) is 0 Å². The number of hydrogen-bond acceptors (Lipinski definition) is 0. The molecule has 0 radical (unpaired) electrons. The molecule has 0 spiro atoms. The number of nitrogens with one attached hydrogen (secondary N) is 1. The van der Waals surface area contributed by atoms with E-state index in [2.05, 4.69) is 31.8 Å². The third kappa shape index (κ3) is 2.21. The minimum atomic E-state index is -0.116. The van der Waals surface area contributed by atoms with Crippen LogP contribution >= 0.6 is 0 Å². The third-order valence-corrected chi connectivity index (χ3v) is 3.17. The van der Waals surface area contributed by atoms with Gasteiger partial charge in [-0.1, -0.05) is 34.6 Å². The smallest absolute Gasteiger partial charge is 0.128 e. The maximum Gasteiger partial charge on any atom is 0.128 e. The quantitative estimate of drug-likeness (QED) is 0.733. The molecule has 0 aliphatic heterocycles. The summed E-state index contributed by atoms with van der Waals surface area (Å²) in [6, 6.07) is 5.70. The van der Waals surface area contributed by atoms with Crippen molar-refractivity contribution in [1.29, 1.82) is 0 Å². The van der Waals surface area contributed by atoms with E-state index in [0.29, 0.717) is 0 Å². The Kier molecular flexibility index (Phi) is 2.76. The van der Waals surface area contributed by atoms with Gasteiger partial charge in [0.25, 0.3) is 0 Å². The fraction of sp³-hybridized carbons (Fsp3) is 0.467. The van der Waals surface area contributed by atoms with Crippen LogP contribution in [0.15, 0.2) is 18.2 Å². The molecular weight excluding hydrogens is 213 g/mol. The van der Waals surface area contributed by atoms with Crippen molar-refractivity contribution in [3.05, 3.63) is 35.3 Å². The van der Waals surface area contributed by atoms with Gasteiger partial charge in [-0.05, 0) is 29.7 Å². The third-order valence-electron chi connectivity index (χ3n) is 3.17. The number of H-pyrrole nitrogens is 1. The Bertz CT molecular complexity index is 544. The molecule has 0 atom stereocenters. The van der Waals surface area contributed by atoms with Gasteiger partial charge >= 0.3 is 0 Å². The van der Waals surface area contributed by atoms with Crippen molar-refractivity contribution < 1.29 is 4.39 Å². The Balaban J connectivity index is 2.63. The molecule has 2 aromatic rings. The first-order chi connectivity index (χ1) is 7.79. The van der Waals surface area contributed by atoms with Crippen molar-refractivity contribution in [1.82, 2.24) is 4.98 Å². The zero-order valence-corrected chi connectivity index (χ0v) is 11.2. The number of halogens is 1. The van der Waals surface area contributed by atoms with Crippen LogP contribution in [0.2, 0.25) is 0 Å². The van der Waals surface area contributed by atoms with Crippen molar-refractivity contribution in [2.24, 2.45) is 0 Å². The zero-order chi connectivity index (χ0) is 12.8. The number of rotatable bonds is 1. The average Bonchev–Trinajstić information content (AvgIpc) is 2.58. The molecule has 0 fully saturated rings. The molecule has 0 amide bonds. The van der Waals surface area contributed by atoms with Gasteiger partial charge in [0.2, 0.25) is 0 Å². The molecular formula is C15H20FN. The van der Waals surface area contributed by atoms with E-state index in [1.165, 1.54) is 0 Å². The second kappa shape index (κ2) is 3.86. The molecule has 17 heavy (non-hydrogen) atoms. The standard InChI is InChI=1S/C15H20FN/c1-9(2)11-6-10-7-14(15(3,4)5)17-13(10)8-12(11)16/h6-9,17H,1-5H3. The second-order valence-corrected chi connectivity index (χ2v) is 6.05. The van der Waals surface area contributed by atoms with Crippen LogP contribution in [-0.4, -0.2) is 4.98 Å². The summed E-state index contributed by atoms with van der Waals surface area (Å²) in [5, 5.41) is 1.10. The molecule has 0 saturated carbocycles. The number of hydrogen-bond donors (Lipinski definition) is 1. The number of benzene rings is 1. The lowest BCUT2D eigenvalue weighted by molar-refractivity contribution is 0.574. The Morgan fingerprint density at radius 2 is 1.76 bits per heavy atom. The molecule has 2 rings (SSSR count). The molecule has 1 heterocycles. The summed E-state index contributed by atoms with van der Waals surface area (Å²) in [5.41, 5.74) is 2.88. The minimum absolute atomic E-state index is 0.0630. The lowest BCUT2D eigenvalue weighted by Gasteiger charge is -2.15. The van der Waals surface area contributed by atoms with Gasteiger partial charge in [0.05, 0.1) is 0 Å². The molecule has 0 unspecified atom stereocenters. The summed E-state index contributed by atoms with van der Waals surface area (Å²) >= 11 is 0. The zero-order valence-electron chi connectivity index (χ0n) is 11.2. The van der Waals surface area contributed by atoms with Crippen LogP contribution in [0.3, 0.4) is 0 Å². The Morgan fingerprint density at radius 3 is 2.29 bits per heavy atom. The molecule has 1 nitrogen and oxygen atoms in total. The highest BCUT2D eigenvalue weighted by Crippen LogP contribution is 2.29. The first-order valence-corrected chi connectivity index (χ1v) is 6.11. The summed E-state index contributed by atoms with van der Waals surface area (Å²) < 4.78 is 13.9. The average molecular weight is 233 g/mol. The van der Waals surface area contributed by atoms with Crippen LogP contribution in [0.5, 0.6) is 0 Å². The molecule has 0 aliphatic rings. The molecule has 92 valence electrons. The van der Waals surface area contributed by atoms with Crippen LogP contribution < -0.4 is 0 Å². The van der Waals surface area contributed by atoms with E-state index in [9.17, 15) is 4.39 Å². The molecule has 1 N–H and O–H groups in total. The van der Waals surface area contributed by atoms with Crippen molar-refractivity contribution in [3.8, 4) is 0 Å². The largest absolute Gasteiger partial charge is 0.358 e. The van der Waals surface area contributed by atoms with Crippen molar-refractivity contribution in [3.63, 3.8) is 0 Å². The number of fused-ring (bicyclic) bond motifs is 1. The van der Waals surface area contributed by atoms with Crippen LogP contribution in [0.4, 0.5) is 4.39 Å². The lowest BCUT2D eigenvalue weighted by Crippen LogP contribution is -2.10. The topological polar surface area (TPSA) is 15.8 Å². The fourth-order valence-corrected chi connectivity index (χ4v) is 2.02. The Hall–Kier alpha value is -1.31. The minimum Gasteiger partial charge on any atom is -0.358 e. The van der Waals surface area contributed by atoms with Crippen LogP contribution in [0.1, 0.15) is 51.8 Å². The molecule has 2 heteroatoms. The molecule has 0 saturated heterocycles. The first kappa shape index (κ1) is 12.2. The van der Waals surface area contributed by atoms with Crippen molar-refractivity contribution >= 4 is 10.9 Å². The van der Waals surface area contributed by atoms with Crippen LogP contribution in [0, 0.1) is 5.82 Å². The van der Waals surface area contributed by atoms with E-state index >= 15 is 0 Å². The highest BCUT2D eigenvalue weighted by atomic mass is 19.1. The van der Waals surface area contributed by atoms with E-state index < -0.39 is 0 Å². The molecule has 1 aromatic heterocycles. The van der Waals surface area contributed by atoms with Crippen LogP contribution in [-0.2, 0) is 5.41 Å². The highest BCUT2D eigenvalue weighted by molar-refractivity contribution is 5.81. The van der Waals surface area contributed by atoms with Gasteiger partial charge in [0, 0.05) is 22.0 Å². The number of aromatic nitrogens is 1. The second-order valence-electron chi connectivity index (χ2n) is 6.05. The fourth-order valence-electron chi connectivity index (χ4n) is 2.02. The Labute approximate surface area is 102 Å². The summed E-state index contributed by atoms with van der Waals surface area (Å²) in [4.78, 5) is 3.30. The normalized spacial score (nSPS) is 12.6. The molecule has 0 bridgehead atoms. The maximum absolute atomic E-state index is 13.9. The predicted octanol–water partition coefficient (Wildman–Crippen LogP) is 4.73. The van der Waals surface area contributed by atoms with Crippen molar-refractivity contribution in [2.75, 3.05) is 0 Å². The summed E-state index contributed by atoms with van der Waals surface area (Å²) in [7, 11) is 0. The number of aromatic amines is 1. The van der Waals surface area contributed by atoms with Gasteiger partial charge in [-0.25, -0.2) is 4.39 Å². The van der Waals surface area contributed by atoms with E-state index in [4.69, 9.17) is 0 Å². The van der Waals surface area contributed by atoms with E-state index in [-0.39, 0.29) is 17.2 Å². The van der Waals surface area contributed by atoms with Crippen LogP contribution in [0.25, 0.3) is 10.9 Å². The summed E-state index contributed by atoms with van der Waals surface area (Å²) in [6.07, 6.45) is 0. The van der Waals surface area contributed by atoms with Gasteiger partial charge < -0.3 is 4.98 Å². The van der Waals surface area contributed by atoms with Gasteiger partial charge in [-0.3, -0.25) is 0 Å². The Morgan fingerprint density at radius 1 is 1.12 bits per heavy atom. The molecule has 0 aliphatic carbocycles. The van der Waals surface area contributed by atoms with Gasteiger partial charge in [-0.15, -0.1) is 0 Å². The maximum atomic E-state index is 13.9. The summed E-state index contributed by atoms with van der Waals surface area (Å²) in [6.45, 7) is 10.5. The lowest BCUT2D eigenvalue weighted by atomic mass is 9.92. The molecule has 1 aromatic carbocycles. The van der Waals surface area contributed by atoms with Gasteiger partial charge in [-0.2, -0.15) is 0 Å². The van der Waals surface area contributed by atoms with E-state index in [1.807, 2.05) is 19.9 Å². The monoisotopic (exact) mass is 233 g/mol. The predicted molar refractivity (Wildman–Crippen MR) is 71.0 cm³/mol. The SMILES string of the molecule is CC(C)c1cc2cc(C(C)(C)C)[nH]c2cc1F. The van der Waals surface area contributed by atoms with E-state index in [1.54, 1.807) is 6.07 Å². The van der Waals surface area contributed by atoms with Crippen molar-refractivity contribution in [2.45, 2.75) is 46.0 Å². The van der Waals surface area contributed by atoms with E-state index in [0.717, 1.165) is 22.2 Å². The first-order valence-electron chi connectivity index (χ1n) is 6.11. The highest BCUT2D eigenvalue weighted by Gasteiger charge is 2.17. The van der Waals surface area contributed by atoms with Gasteiger partial charge in [0.1, 0.15) is 5.82 Å². The summed E-state index contributed by atoms with van der Waals surface area (Å²) in [5.74, 6) is 0.0993.